The van der Waals surface area contributed by atoms with Gasteiger partial charge in [-0.25, -0.2) is 58.6 Å². The van der Waals surface area contributed by atoms with Crippen molar-refractivity contribution in [2.75, 3.05) is 0 Å². The van der Waals surface area contributed by atoms with Crippen LogP contribution in [0.3, 0.4) is 0 Å². The molecule has 17 aromatic rings. The molecule has 0 fully saturated rings. The average Bonchev–Trinajstić information content (AvgIpc) is 0.831. The molecule has 0 aliphatic carbocycles. The van der Waals surface area contributed by atoms with E-state index in [9.17, 15) is 33.7 Å². The zero-order chi connectivity index (χ0) is 95.7. The van der Waals surface area contributed by atoms with Crippen molar-refractivity contribution in [3.8, 4) is 134 Å². The predicted octanol–water partition coefficient (Wildman–Crippen LogP) is 21.5. The average molecular weight is 2010 g/mol. The maximum atomic E-state index is 12.3. The lowest BCUT2D eigenvalue weighted by Gasteiger charge is -2.22. The summed E-state index contributed by atoms with van der Waals surface area (Å²) in [5.41, 5.74) is 20.6. The van der Waals surface area contributed by atoms with Gasteiger partial charge in [-0.2, -0.15) is 0 Å². The van der Waals surface area contributed by atoms with Crippen LogP contribution < -0.4 is 33.5 Å². The number of aryl methyl sites for hydroxylation is 16. The Bertz CT molecular complexity index is 7250. The molecule has 136 heavy (non-hydrogen) atoms. The standard InChI is InChI=1S/C17H13NO2S.C13H11NO2S.4C12H10N2O2S.C10H8O4S.C10H8O2S3/c1-10-3-4-13-16(7-10)21(19)20-15-8-11(2)12-5-6-18-9-14(12)17(13)15;1-8-3-5-10-11-6-4-9(2)14-13(11)17(15)16-12(10)7-8;1-7-3-11-9(5-13-7)10-6-14-8(2)4-12(10)17(15)16-11;1-7-3-9-11(13-5-7)12-10(17(15)16-9)4-8(2)6-14-12;1-7-3-5-9-10-6-4-8(2)14-12(10)17(15)16-11(9)13-7;1-7-3-4-9-10-6-13-8(2)14-12(10)17(15)16-11(9)5-7;1-5-3-7-9(12-5)10-8(15(11)14-7)4-6(2)13-10;1-5-3-7-9(13-5)10-8(15(11)12-7)4-6(2)14-10/h3-9H,1-2H3;3-7H,1-2H3;4*3-6H,1-2H3;2*3-4H,1-2H3. The molecule has 0 N–H and O–H groups in total. The molecule has 21 heterocycles. The van der Waals surface area contributed by atoms with E-state index in [0.29, 0.717) is 110 Å². The lowest BCUT2D eigenvalue weighted by Crippen LogP contribution is -2.13. The largest absolute Gasteiger partial charge is 0.456 e. The summed E-state index contributed by atoms with van der Waals surface area (Å²) in [6.45, 7) is 30.6. The highest BCUT2D eigenvalue weighted by atomic mass is 32.2. The van der Waals surface area contributed by atoms with E-state index in [1.165, 1.54) is 9.75 Å². The fourth-order valence-corrected chi connectivity index (χ4v) is 25.3. The summed E-state index contributed by atoms with van der Waals surface area (Å²) in [6, 6.07) is 47.7. The molecule has 4 aromatic carbocycles. The van der Waals surface area contributed by atoms with Gasteiger partial charge in [0.1, 0.15) is 55.8 Å². The molecule has 8 atom stereocenters. The highest BCUT2D eigenvalue weighted by Crippen LogP contribution is 2.51. The fraction of sp³-hybridized carbons (Fsp3) is 0.163. The normalized spacial score (nSPS) is 17.1. The SMILES string of the molecule is Cc1cc2c(cn1)-c1cnc(C)cc1S(=O)O2.Cc1cc2c(o1)-c1oc(C)cc1S(=O)O2.Cc1cc2c(s1)-c1sc(C)cc1S(=O)O2.Cc1ccc2c(c1)OS(=O)c1nc(C)ccc1-2.Cc1ccc2c(c1)OS(=O)c1nc(C)ncc1-2.Cc1ccc2c(c1)S(=O)Oc1cc(C)c3ccncc3c1-2.Cc1ccc2c(n1)OS(=O)c1nc(C)ccc1-2.Cc1cnc2c(c1)OS(=O)c1cc(C)cnc1-2. The molecule has 0 amide bonds. The quantitative estimate of drug-likeness (QED) is 0.127. The molecule has 0 bridgehead atoms. The molecule has 25 rings (SSSR count). The Kier molecular flexibility index (Phi) is 26.5. The Morgan fingerprint density at radius 3 is 1.45 bits per heavy atom. The third-order valence-electron chi connectivity index (χ3n) is 21.4. The summed E-state index contributed by atoms with van der Waals surface area (Å²) in [7, 11) is 0. The van der Waals surface area contributed by atoms with E-state index in [2.05, 4.69) is 49.8 Å². The minimum Gasteiger partial charge on any atom is -0.456 e. The summed E-state index contributed by atoms with van der Waals surface area (Å²) in [4.78, 5) is 50.4. The number of fused-ring (bicyclic) bond motifs is 26. The van der Waals surface area contributed by atoms with Gasteiger partial charge in [-0.3, -0.25) is 24.9 Å². The fourth-order valence-electron chi connectivity index (χ4n) is 15.1. The van der Waals surface area contributed by atoms with Crippen LogP contribution in [0.1, 0.15) is 88.9 Å². The van der Waals surface area contributed by atoms with Crippen molar-refractivity contribution in [3.63, 3.8) is 0 Å². The molecule has 13 aromatic heterocycles. The number of hydrogen-bond acceptors (Lipinski definition) is 30. The minimum atomic E-state index is -1.57. The molecule has 38 heteroatoms. The van der Waals surface area contributed by atoms with Crippen molar-refractivity contribution >= 4 is 122 Å². The van der Waals surface area contributed by atoms with Gasteiger partial charge in [-0.15, -0.1) is 22.7 Å². The third-order valence-corrected chi connectivity index (χ3v) is 31.7. The lowest BCUT2D eigenvalue weighted by atomic mass is 9.95. The Hall–Kier alpha value is -13.0. The molecule has 28 nitrogen and oxygen atoms in total. The number of nitrogens with zero attached hydrogens (tertiary/aromatic N) is 10. The summed E-state index contributed by atoms with van der Waals surface area (Å²) in [6.07, 6.45) is 12.3. The first kappa shape index (κ1) is 93.4. The molecule has 8 unspecified atom stereocenters. The topological polar surface area (TPSA) is 366 Å². The molecule has 0 saturated carbocycles. The number of hydrogen-bond donors (Lipinski definition) is 0. The van der Waals surface area contributed by atoms with Gasteiger partial charge < -0.3 is 42.3 Å². The van der Waals surface area contributed by atoms with Crippen LogP contribution in [0.15, 0.2) is 243 Å². The highest BCUT2D eigenvalue weighted by Gasteiger charge is 2.36. The van der Waals surface area contributed by atoms with E-state index in [1.54, 1.807) is 105 Å². The maximum Gasteiger partial charge on any atom is 0.262 e. The van der Waals surface area contributed by atoms with E-state index >= 15 is 0 Å². The summed E-state index contributed by atoms with van der Waals surface area (Å²) in [5.74, 6) is 7.80. The van der Waals surface area contributed by atoms with Gasteiger partial charge in [-0.05, 0) is 253 Å². The second-order valence-electron chi connectivity index (χ2n) is 32.1. The third kappa shape index (κ3) is 19.2. The molecule has 8 aliphatic rings. The number of furan rings is 2. The maximum absolute atomic E-state index is 12.3. The van der Waals surface area contributed by atoms with Crippen molar-refractivity contribution in [2.24, 2.45) is 0 Å². The van der Waals surface area contributed by atoms with E-state index in [1.807, 2.05) is 224 Å². The number of aromatic nitrogens is 10. The Labute approximate surface area is 809 Å². The van der Waals surface area contributed by atoms with Crippen LogP contribution in [-0.4, -0.2) is 83.5 Å². The second kappa shape index (κ2) is 38.6. The zero-order valence-corrected chi connectivity index (χ0v) is 83.5. The lowest BCUT2D eigenvalue weighted by molar-refractivity contribution is 0.470. The molecule has 8 aliphatic heterocycles. The van der Waals surface area contributed by atoms with Gasteiger partial charge in [0.2, 0.25) is 67.0 Å². The number of thiophene rings is 2. The van der Waals surface area contributed by atoms with Crippen LogP contribution in [0.5, 0.6) is 46.1 Å². The van der Waals surface area contributed by atoms with Crippen LogP contribution in [0.25, 0.3) is 99.1 Å². The molecule has 0 saturated heterocycles. The first-order chi connectivity index (χ1) is 65.2. The van der Waals surface area contributed by atoms with Crippen molar-refractivity contribution in [3.05, 3.63) is 284 Å². The second-order valence-corrected chi connectivity index (χ2v) is 43.1. The molecule has 690 valence electrons. The number of rotatable bonds is 0. The smallest absolute Gasteiger partial charge is 0.262 e. The monoisotopic (exact) mass is 2000 g/mol. The van der Waals surface area contributed by atoms with E-state index in [0.717, 1.165) is 154 Å². The van der Waals surface area contributed by atoms with Crippen molar-refractivity contribution in [2.45, 2.75) is 150 Å². The van der Waals surface area contributed by atoms with Crippen LogP contribution >= 0.6 is 22.7 Å². The molecule has 0 radical (unpaired) electrons. The summed E-state index contributed by atoms with van der Waals surface area (Å²) in [5, 5.41) is 3.62. The summed E-state index contributed by atoms with van der Waals surface area (Å²) < 4.78 is 149. The Morgan fingerprint density at radius 1 is 0.272 bits per heavy atom. The molecule has 0 spiro atoms. The van der Waals surface area contributed by atoms with Gasteiger partial charge in [0.15, 0.2) is 43.8 Å². The van der Waals surface area contributed by atoms with Crippen LogP contribution in [-0.2, 0) is 88.6 Å². The van der Waals surface area contributed by atoms with Gasteiger partial charge >= 0.3 is 0 Å². The van der Waals surface area contributed by atoms with Crippen molar-refractivity contribution in [1.82, 2.24) is 49.8 Å². The predicted molar refractivity (Wildman–Crippen MR) is 523 cm³/mol. The Balaban J connectivity index is 0.000000104. The van der Waals surface area contributed by atoms with Crippen molar-refractivity contribution < 1.29 is 76.0 Å². The molecular formula is C98H80N10O18S10. The number of pyridine rings is 8. The highest BCUT2D eigenvalue weighted by molar-refractivity contribution is 7.82. The van der Waals surface area contributed by atoms with Crippen LogP contribution in [0, 0.1) is 111 Å². The zero-order valence-electron chi connectivity index (χ0n) is 75.4. The number of benzene rings is 4. The van der Waals surface area contributed by atoms with Crippen LogP contribution in [0.4, 0.5) is 0 Å². The molecular weight excluding hydrogens is 1930 g/mol. The van der Waals surface area contributed by atoms with E-state index < -0.39 is 88.6 Å². The van der Waals surface area contributed by atoms with Gasteiger partial charge in [0.05, 0.1) is 24.4 Å². The van der Waals surface area contributed by atoms with Gasteiger partial charge in [-0.1, -0.05) is 36.4 Å². The van der Waals surface area contributed by atoms with E-state index in [-0.39, 0.29) is 0 Å². The van der Waals surface area contributed by atoms with Crippen molar-refractivity contribution in [1.29, 1.82) is 0 Å². The van der Waals surface area contributed by atoms with Gasteiger partial charge in [0, 0.05) is 155 Å². The van der Waals surface area contributed by atoms with Crippen LogP contribution in [0.2, 0.25) is 0 Å². The Morgan fingerprint density at radius 2 is 0.750 bits per heavy atom. The minimum absolute atomic E-state index is 0.418. The first-order valence-corrected chi connectivity index (χ1v) is 52.0. The van der Waals surface area contributed by atoms with Gasteiger partial charge in [0.25, 0.3) is 33.2 Å². The first-order valence-electron chi connectivity index (χ1n) is 41.8. The van der Waals surface area contributed by atoms with E-state index in [4.69, 9.17) is 42.3 Å². The summed E-state index contributed by atoms with van der Waals surface area (Å²) >= 11 is -8.47.